The lowest BCUT2D eigenvalue weighted by molar-refractivity contribution is 0.579. The topological polar surface area (TPSA) is 61.6 Å². The standard InChI is InChI=1S/C14H16N4S/c1-9(14-10(2)18-11(3)19-14)17-8-12-4-5-16-13(6-12)7-15/h4-6,9,17H,8H2,1-3H3. The molecule has 1 N–H and O–H groups in total. The van der Waals surface area contributed by atoms with Gasteiger partial charge in [-0.25, -0.2) is 9.97 Å². The van der Waals surface area contributed by atoms with Gasteiger partial charge in [0.25, 0.3) is 0 Å². The third-order valence-corrected chi connectivity index (χ3v) is 4.14. The largest absolute Gasteiger partial charge is 0.305 e. The first-order valence-electron chi connectivity index (χ1n) is 6.12. The lowest BCUT2D eigenvalue weighted by atomic mass is 10.2. The maximum Gasteiger partial charge on any atom is 0.140 e. The Hall–Kier alpha value is -1.77. The van der Waals surface area contributed by atoms with E-state index in [1.165, 1.54) is 4.88 Å². The molecule has 0 saturated heterocycles. The van der Waals surface area contributed by atoms with Gasteiger partial charge in [-0.2, -0.15) is 5.26 Å². The summed E-state index contributed by atoms with van der Waals surface area (Å²) in [5, 5.41) is 13.4. The van der Waals surface area contributed by atoms with Gasteiger partial charge in [0.2, 0.25) is 0 Å². The van der Waals surface area contributed by atoms with Crippen molar-refractivity contribution in [1.29, 1.82) is 5.26 Å². The molecule has 19 heavy (non-hydrogen) atoms. The minimum Gasteiger partial charge on any atom is -0.305 e. The van der Waals surface area contributed by atoms with Crippen LogP contribution in [-0.2, 0) is 6.54 Å². The van der Waals surface area contributed by atoms with Gasteiger partial charge in [0.15, 0.2) is 0 Å². The van der Waals surface area contributed by atoms with Crippen LogP contribution in [-0.4, -0.2) is 9.97 Å². The molecule has 5 heteroatoms. The summed E-state index contributed by atoms with van der Waals surface area (Å²) in [4.78, 5) is 9.67. The fourth-order valence-electron chi connectivity index (χ4n) is 1.96. The Balaban J connectivity index is 2.02. The lowest BCUT2D eigenvalue weighted by Gasteiger charge is -2.12. The monoisotopic (exact) mass is 272 g/mol. The van der Waals surface area contributed by atoms with E-state index in [9.17, 15) is 0 Å². The molecule has 0 bridgehead atoms. The molecule has 0 aromatic carbocycles. The number of aryl methyl sites for hydroxylation is 2. The van der Waals surface area contributed by atoms with Gasteiger partial charge in [-0.3, -0.25) is 0 Å². The first kappa shape index (κ1) is 13.7. The molecule has 0 aliphatic rings. The third kappa shape index (κ3) is 3.37. The van der Waals surface area contributed by atoms with E-state index in [0.717, 1.165) is 22.8 Å². The highest BCUT2D eigenvalue weighted by Gasteiger charge is 2.12. The number of nitrogens with zero attached hydrogens (tertiary/aromatic N) is 3. The maximum atomic E-state index is 8.82. The Kier molecular flexibility index (Phi) is 4.25. The molecule has 1 unspecified atom stereocenters. The van der Waals surface area contributed by atoms with E-state index >= 15 is 0 Å². The first-order valence-corrected chi connectivity index (χ1v) is 6.94. The zero-order valence-electron chi connectivity index (χ0n) is 11.3. The van der Waals surface area contributed by atoms with E-state index in [4.69, 9.17) is 5.26 Å². The van der Waals surface area contributed by atoms with Gasteiger partial charge < -0.3 is 5.32 Å². The van der Waals surface area contributed by atoms with Gasteiger partial charge in [-0.05, 0) is 38.5 Å². The molecule has 0 radical (unpaired) electrons. The van der Waals surface area contributed by atoms with Crippen LogP contribution < -0.4 is 5.32 Å². The van der Waals surface area contributed by atoms with Crippen LogP contribution in [0.2, 0.25) is 0 Å². The van der Waals surface area contributed by atoms with Crippen LogP contribution in [0, 0.1) is 25.2 Å². The predicted octanol–water partition coefficient (Wildman–Crippen LogP) is 2.88. The first-order chi connectivity index (χ1) is 9.10. The summed E-state index contributed by atoms with van der Waals surface area (Å²) in [6, 6.07) is 6.04. The van der Waals surface area contributed by atoms with E-state index in [2.05, 4.69) is 28.3 Å². The van der Waals surface area contributed by atoms with Gasteiger partial charge in [-0.15, -0.1) is 11.3 Å². The normalized spacial score (nSPS) is 12.1. The van der Waals surface area contributed by atoms with Crippen molar-refractivity contribution in [2.45, 2.75) is 33.4 Å². The zero-order chi connectivity index (χ0) is 13.8. The summed E-state index contributed by atoms with van der Waals surface area (Å²) >= 11 is 1.73. The minimum atomic E-state index is 0.255. The molecular weight excluding hydrogens is 256 g/mol. The molecule has 2 rings (SSSR count). The summed E-state index contributed by atoms with van der Waals surface area (Å²) in [7, 11) is 0. The maximum absolute atomic E-state index is 8.82. The molecule has 1 atom stereocenters. The smallest absolute Gasteiger partial charge is 0.140 e. The molecule has 0 spiro atoms. The van der Waals surface area contributed by atoms with Crippen molar-refractivity contribution in [3.63, 3.8) is 0 Å². The van der Waals surface area contributed by atoms with E-state index < -0.39 is 0 Å². The quantitative estimate of drug-likeness (QED) is 0.929. The van der Waals surface area contributed by atoms with Crippen molar-refractivity contribution in [3.8, 4) is 6.07 Å². The molecule has 2 aromatic rings. The summed E-state index contributed by atoms with van der Waals surface area (Å²) < 4.78 is 0. The average Bonchev–Trinajstić information content (AvgIpc) is 2.75. The molecule has 0 aliphatic carbocycles. The summed E-state index contributed by atoms with van der Waals surface area (Å²) in [5.41, 5.74) is 2.61. The number of thiazole rings is 1. The third-order valence-electron chi connectivity index (χ3n) is 2.88. The van der Waals surface area contributed by atoms with Crippen LogP contribution in [0.15, 0.2) is 18.3 Å². The number of nitriles is 1. The van der Waals surface area contributed by atoms with Crippen molar-refractivity contribution < 1.29 is 0 Å². The van der Waals surface area contributed by atoms with Crippen molar-refractivity contribution in [1.82, 2.24) is 15.3 Å². The van der Waals surface area contributed by atoms with E-state index in [1.54, 1.807) is 17.5 Å². The number of rotatable bonds is 4. The van der Waals surface area contributed by atoms with Crippen LogP contribution in [0.4, 0.5) is 0 Å². The second-order valence-electron chi connectivity index (χ2n) is 4.45. The molecule has 0 saturated carbocycles. The molecule has 2 heterocycles. The number of nitrogens with one attached hydrogen (secondary N) is 1. The van der Waals surface area contributed by atoms with E-state index in [0.29, 0.717) is 5.69 Å². The van der Waals surface area contributed by atoms with Crippen molar-refractivity contribution >= 4 is 11.3 Å². The van der Waals surface area contributed by atoms with Gasteiger partial charge in [0.05, 0.1) is 10.7 Å². The number of aromatic nitrogens is 2. The van der Waals surface area contributed by atoms with Crippen LogP contribution in [0.25, 0.3) is 0 Å². The molecule has 2 aromatic heterocycles. The highest BCUT2D eigenvalue weighted by Crippen LogP contribution is 2.24. The summed E-state index contributed by atoms with van der Waals surface area (Å²) in [6.45, 7) is 6.91. The molecular formula is C14H16N4S. The van der Waals surface area contributed by atoms with Crippen molar-refractivity contribution in [2.24, 2.45) is 0 Å². The fraction of sp³-hybridized carbons (Fsp3) is 0.357. The second-order valence-corrected chi connectivity index (χ2v) is 5.68. The Morgan fingerprint density at radius 2 is 2.26 bits per heavy atom. The fourth-order valence-corrected chi connectivity index (χ4v) is 2.91. The van der Waals surface area contributed by atoms with Gasteiger partial charge >= 0.3 is 0 Å². The van der Waals surface area contributed by atoms with E-state index in [-0.39, 0.29) is 6.04 Å². The van der Waals surface area contributed by atoms with E-state index in [1.807, 2.05) is 26.0 Å². The molecule has 0 aliphatic heterocycles. The van der Waals surface area contributed by atoms with Gasteiger partial charge in [-0.1, -0.05) is 0 Å². The van der Waals surface area contributed by atoms with Crippen molar-refractivity contribution in [2.75, 3.05) is 0 Å². The van der Waals surface area contributed by atoms with Gasteiger partial charge in [0, 0.05) is 23.7 Å². The lowest BCUT2D eigenvalue weighted by Crippen LogP contribution is -2.18. The highest BCUT2D eigenvalue weighted by atomic mass is 32.1. The molecule has 98 valence electrons. The summed E-state index contributed by atoms with van der Waals surface area (Å²) in [5.74, 6) is 0. The molecule has 0 amide bonds. The average molecular weight is 272 g/mol. The summed E-state index contributed by atoms with van der Waals surface area (Å²) in [6.07, 6.45) is 1.67. The van der Waals surface area contributed by atoms with Crippen LogP contribution in [0.3, 0.4) is 0 Å². The van der Waals surface area contributed by atoms with Crippen LogP contribution >= 0.6 is 11.3 Å². The second kappa shape index (κ2) is 5.91. The Labute approximate surface area is 117 Å². The number of hydrogen-bond donors (Lipinski definition) is 1. The molecule has 0 fully saturated rings. The Morgan fingerprint density at radius 3 is 2.89 bits per heavy atom. The number of hydrogen-bond acceptors (Lipinski definition) is 5. The zero-order valence-corrected chi connectivity index (χ0v) is 12.1. The Morgan fingerprint density at radius 1 is 1.47 bits per heavy atom. The Bertz CT molecular complexity index is 612. The minimum absolute atomic E-state index is 0.255. The van der Waals surface area contributed by atoms with Gasteiger partial charge in [0.1, 0.15) is 11.8 Å². The SMILES string of the molecule is Cc1nc(C)c(C(C)NCc2ccnc(C#N)c2)s1. The van der Waals surface area contributed by atoms with Crippen molar-refractivity contribution in [3.05, 3.63) is 45.2 Å². The number of pyridine rings is 1. The molecule has 4 nitrogen and oxygen atoms in total. The van der Waals surface area contributed by atoms with Crippen LogP contribution in [0.1, 0.15) is 39.8 Å². The highest BCUT2D eigenvalue weighted by molar-refractivity contribution is 7.11. The predicted molar refractivity (Wildman–Crippen MR) is 75.8 cm³/mol. The van der Waals surface area contributed by atoms with Crippen LogP contribution in [0.5, 0.6) is 0 Å².